The number of hydrogen-bond acceptors (Lipinski definition) is 9. The molecule has 618 valence electrons. The second kappa shape index (κ2) is 28.8. The first-order chi connectivity index (χ1) is 63.1. The molecule has 12 heteroatoms. The van der Waals surface area contributed by atoms with E-state index < -0.39 is 17.4 Å². The second-order valence-electron chi connectivity index (χ2n) is 35.0. The summed E-state index contributed by atoms with van der Waals surface area (Å²) in [5.74, 6) is 2.18. The summed E-state index contributed by atoms with van der Waals surface area (Å²) in [5.41, 5.74) is 28.1. The van der Waals surface area contributed by atoms with E-state index in [1.165, 1.54) is 32.3 Å². The zero-order valence-corrected chi connectivity index (χ0v) is 71.4. The van der Waals surface area contributed by atoms with E-state index in [0.717, 1.165) is 217 Å². The molecule has 0 bridgehead atoms. The molecule has 18 aromatic carbocycles. The van der Waals surface area contributed by atoms with Crippen LogP contribution in [0.25, 0.3) is 215 Å². The largest absolute Gasteiger partial charge is 0.456 e. The van der Waals surface area contributed by atoms with Crippen LogP contribution in [-0.4, -0.2) is 31.1 Å². The highest BCUT2D eigenvalue weighted by Gasteiger charge is 2.35. The van der Waals surface area contributed by atoms with Crippen molar-refractivity contribution in [2.24, 2.45) is 0 Å². The summed E-state index contributed by atoms with van der Waals surface area (Å²) in [4.78, 5) is 0. The molecule has 0 amide bonds. The minimum atomic E-state index is -0.859. The van der Waals surface area contributed by atoms with Crippen molar-refractivity contribution in [2.45, 2.75) is 58.9 Å². The molecule has 3 aliphatic heterocycles. The van der Waals surface area contributed by atoms with Crippen LogP contribution in [0.4, 0.5) is 0 Å². The number of hydrogen-bond donors (Lipinski definition) is 0. The lowest BCUT2D eigenvalue weighted by atomic mass is 9.95. The van der Waals surface area contributed by atoms with Crippen LogP contribution in [-0.2, 0) is 0 Å². The van der Waals surface area contributed by atoms with Crippen LogP contribution in [0.2, 0.25) is 0 Å². The molecule has 6 aromatic heterocycles. The van der Waals surface area contributed by atoms with E-state index in [9.17, 15) is 0 Å². The summed E-state index contributed by atoms with van der Waals surface area (Å²) in [6.45, 7) is 11.8. The van der Waals surface area contributed by atoms with Crippen molar-refractivity contribution in [1.82, 2.24) is 13.7 Å². The van der Waals surface area contributed by atoms with E-state index in [0.29, 0.717) is 0 Å². The van der Waals surface area contributed by atoms with Gasteiger partial charge >= 0.3 is 0 Å². The Morgan fingerprint density at radius 1 is 0.171 bits per heavy atom. The number of aromatic nitrogens is 3. The van der Waals surface area contributed by atoms with Crippen LogP contribution in [0, 0.1) is 0 Å². The van der Waals surface area contributed by atoms with Gasteiger partial charge in [0.25, 0.3) is 0 Å². The molecular formula is C117H81N3O9. The zero-order valence-electron chi connectivity index (χ0n) is 71.4. The van der Waals surface area contributed by atoms with Crippen LogP contribution >= 0.6 is 0 Å². The van der Waals surface area contributed by atoms with Crippen molar-refractivity contribution < 1.29 is 41.7 Å². The standard InChI is InChI=1S/3C39H27NO3/c1-39(2)42-35-21-18-24(26-13-9-17-36-38(26)30-12-5-8-16-34(30)41-36)22-31(35)29-20-19-25(23-37(29)43-39)40-32-14-6-3-10-27(32)28-11-4-7-15-33(28)40;1-39(2)42-37-20-16-25(24-15-19-36-31(21-24)29-11-5-8-14-35(29)41-36)22-32(37)30-18-17-26(23-38(30)43-39)40-33-12-6-3-9-27(33)28-10-4-7-13-34(28)40;1-39(2)42-36-20-16-24(25-15-18-30-29-11-5-8-14-35(29)41-37(30)22-25)21-32(36)31-19-17-26(23-38(31)43-39)40-33-12-6-3-9-27(33)28-10-4-7-13-34(28)40/h3*3-23H,1-2H3. The highest BCUT2D eigenvalue weighted by atomic mass is 16.7. The number of rotatable bonds is 6. The fourth-order valence-electron chi connectivity index (χ4n) is 20.0. The van der Waals surface area contributed by atoms with Gasteiger partial charge in [-0.2, -0.15) is 0 Å². The Morgan fingerprint density at radius 3 is 0.884 bits per heavy atom. The van der Waals surface area contributed by atoms with Crippen LogP contribution < -0.4 is 28.4 Å². The smallest absolute Gasteiger partial charge is 0.245 e. The summed E-state index contributed by atoms with van der Waals surface area (Å²) in [6, 6.07) is 134. The average molecular weight is 1670 g/mol. The third-order valence-electron chi connectivity index (χ3n) is 25.5. The van der Waals surface area contributed by atoms with Gasteiger partial charge in [0, 0.05) is 175 Å². The van der Waals surface area contributed by atoms with Gasteiger partial charge in [0.15, 0.2) is 0 Å². The molecule has 9 heterocycles. The molecule has 0 aliphatic carbocycles. The van der Waals surface area contributed by atoms with E-state index in [1.54, 1.807) is 0 Å². The Morgan fingerprint density at radius 2 is 0.457 bits per heavy atom. The van der Waals surface area contributed by atoms with Crippen molar-refractivity contribution in [3.8, 4) is 118 Å². The van der Waals surface area contributed by atoms with E-state index in [-0.39, 0.29) is 0 Å². The van der Waals surface area contributed by atoms with Gasteiger partial charge in [-0.1, -0.05) is 206 Å². The SMILES string of the molecule is CC1(C)Oc2cc(-n3c4ccccc4c4ccccc43)ccc2-c2cc(-c3ccc4c(c3)oc3ccccc34)ccc2O1.CC1(C)Oc2cc(-n3c4ccccc4c4ccccc43)ccc2-c2cc(-c3ccc4oc5ccccc5c4c3)ccc2O1.CC1(C)Oc2cc(-n3c4ccccc4c4ccccc43)ccc2-c2cc(-c3cccc4oc5ccccc5c34)ccc2O1. The molecule has 0 saturated heterocycles. The van der Waals surface area contributed by atoms with Crippen molar-refractivity contribution >= 4 is 131 Å². The van der Waals surface area contributed by atoms with Gasteiger partial charge in [-0.05, 0) is 191 Å². The van der Waals surface area contributed by atoms with Gasteiger partial charge in [0.05, 0.1) is 33.1 Å². The number of benzene rings is 18. The number of furan rings is 3. The van der Waals surface area contributed by atoms with Gasteiger partial charge in [-0.3, -0.25) is 0 Å². The Labute approximate surface area is 741 Å². The quantitative estimate of drug-likeness (QED) is 0.161. The topological polar surface area (TPSA) is 110 Å². The van der Waals surface area contributed by atoms with Gasteiger partial charge < -0.3 is 55.4 Å². The summed E-state index contributed by atoms with van der Waals surface area (Å²) in [7, 11) is 0. The fourth-order valence-corrected chi connectivity index (χ4v) is 20.0. The van der Waals surface area contributed by atoms with Crippen LogP contribution in [0.15, 0.2) is 395 Å². The highest BCUT2D eigenvalue weighted by molar-refractivity contribution is 6.15. The molecule has 0 spiro atoms. The Kier molecular flexibility index (Phi) is 16.8. The maximum atomic E-state index is 6.60. The molecule has 0 unspecified atom stereocenters. The van der Waals surface area contributed by atoms with Crippen molar-refractivity contribution in [2.75, 3.05) is 0 Å². The molecule has 12 nitrogen and oxygen atoms in total. The molecule has 0 saturated carbocycles. The number of ether oxygens (including phenoxy) is 6. The molecule has 0 atom stereocenters. The lowest BCUT2D eigenvalue weighted by Crippen LogP contribution is -2.34. The first-order valence-electron chi connectivity index (χ1n) is 43.8. The number of para-hydroxylation sites is 9. The minimum Gasteiger partial charge on any atom is -0.456 e. The lowest BCUT2D eigenvalue weighted by Gasteiger charge is -2.26. The molecule has 24 aromatic rings. The van der Waals surface area contributed by atoms with Gasteiger partial charge in [0.1, 0.15) is 68.0 Å². The van der Waals surface area contributed by atoms with E-state index in [1.807, 2.05) is 90.1 Å². The molecule has 0 fully saturated rings. The van der Waals surface area contributed by atoms with Crippen molar-refractivity contribution in [3.05, 3.63) is 382 Å². The molecular weight excluding hydrogens is 1590 g/mol. The summed E-state index contributed by atoms with van der Waals surface area (Å²) >= 11 is 0. The van der Waals surface area contributed by atoms with Gasteiger partial charge in [-0.15, -0.1) is 0 Å². The Hall–Kier alpha value is -16.4. The summed E-state index contributed by atoms with van der Waals surface area (Å²) in [6.07, 6.45) is 0. The van der Waals surface area contributed by atoms with Crippen LogP contribution in [0.3, 0.4) is 0 Å². The fraction of sp³-hybridized carbons (Fsp3) is 0.0769. The molecule has 27 rings (SSSR count). The second-order valence-corrected chi connectivity index (χ2v) is 35.0. The minimum absolute atomic E-state index is 0.784. The van der Waals surface area contributed by atoms with Gasteiger partial charge in [-0.25, -0.2) is 0 Å². The number of fused-ring (bicyclic) bond motifs is 27. The predicted molar refractivity (Wildman–Crippen MR) is 523 cm³/mol. The third kappa shape index (κ3) is 12.6. The van der Waals surface area contributed by atoms with Crippen LogP contribution in [0.1, 0.15) is 41.5 Å². The lowest BCUT2D eigenvalue weighted by molar-refractivity contribution is -0.0784. The average Bonchev–Trinajstić information content (AvgIpc) is 1.60. The maximum absolute atomic E-state index is 6.60. The summed E-state index contributed by atoms with van der Waals surface area (Å²) in [5, 5.41) is 14.1. The highest BCUT2D eigenvalue weighted by Crippen LogP contribution is 2.52. The predicted octanol–water partition coefficient (Wildman–Crippen LogP) is 31.6. The molecule has 129 heavy (non-hydrogen) atoms. The normalized spacial score (nSPS) is 13.9. The molecule has 0 N–H and O–H groups in total. The first kappa shape index (κ1) is 75.1. The van der Waals surface area contributed by atoms with E-state index >= 15 is 0 Å². The Bertz CT molecular complexity index is 8610. The van der Waals surface area contributed by atoms with Gasteiger partial charge in [0.2, 0.25) is 17.4 Å². The number of nitrogens with zero attached hydrogens (tertiary/aromatic N) is 3. The Balaban J connectivity index is 0.000000105. The van der Waals surface area contributed by atoms with E-state index in [2.05, 4.69) is 347 Å². The molecule has 3 aliphatic rings. The van der Waals surface area contributed by atoms with Crippen LogP contribution in [0.5, 0.6) is 34.5 Å². The van der Waals surface area contributed by atoms with Crippen molar-refractivity contribution in [3.63, 3.8) is 0 Å². The summed E-state index contributed by atoms with van der Waals surface area (Å²) < 4.78 is 64.6. The maximum Gasteiger partial charge on any atom is 0.245 e. The monoisotopic (exact) mass is 1670 g/mol. The zero-order chi connectivity index (χ0) is 86.1. The van der Waals surface area contributed by atoms with E-state index in [4.69, 9.17) is 41.7 Å². The first-order valence-corrected chi connectivity index (χ1v) is 43.8. The van der Waals surface area contributed by atoms with Crippen molar-refractivity contribution in [1.29, 1.82) is 0 Å². The molecule has 0 radical (unpaired) electrons. The third-order valence-corrected chi connectivity index (χ3v) is 25.5.